The number of nitrogens with one attached hydrogen (secondary N) is 2. The lowest BCUT2D eigenvalue weighted by atomic mass is 10.1. The fourth-order valence-corrected chi connectivity index (χ4v) is 2.21. The highest BCUT2D eigenvalue weighted by Crippen LogP contribution is 2.23. The van der Waals surface area contributed by atoms with Gasteiger partial charge in [-0.3, -0.25) is 19.4 Å². The maximum absolute atomic E-state index is 12.3. The minimum absolute atomic E-state index is 0.0343. The van der Waals surface area contributed by atoms with Gasteiger partial charge in [0.25, 0.3) is 5.91 Å². The molecule has 1 rings (SSSR count). The van der Waals surface area contributed by atoms with Gasteiger partial charge >= 0.3 is 5.97 Å². The lowest BCUT2D eigenvalue weighted by Crippen LogP contribution is -2.36. The first-order valence-electron chi connectivity index (χ1n) is 8.54. The Balaban J connectivity index is 2.80. The molecular weight excluding hydrogens is 368 g/mol. The molecular formula is C17H26N6O5. The van der Waals surface area contributed by atoms with Crippen LogP contribution >= 0.6 is 0 Å². The number of nitrogens with two attached hydrogens (primary N) is 3. The fraction of sp³-hybridized carbons (Fsp3) is 0.412. The summed E-state index contributed by atoms with van der Waals surface area (Å²) in [6, 6.07) is 3.67. The number of aliphatic imine (C=N–C) groups is 1. The van der Waals surface area contributed by atoms with Crippen LogP contribution in [0.5, 0.6) is 5.75 Å². The van der Waals surface area contributed by atoms with Crippen molar-refractivity contribution in [2.45, 2.75) is 25.3 Å². The third-order valence-corrected chi connectivity index (χ3v) is 3.66. The van der Waals surface area contributed by atoms with Crippen molar-refractivity contribution in [3.63, 3.8) is 0 Å². The summed E-state index contributed by atoms with van der Waals surface area (Å²) in [5.41, 5.74) is 16.7. The zero-order valence-electron chi connectivity index (χ0n) is 15.6. The third-order valence-electron chi connectivity index (χ3n) is 3.66. The molecule has 1 aromatic rings. The van der Waals surface area contributed by atoms with Crippen molar-refractivity contribution in [2.24, 2.45) is 22.2 Å². The van der Waals surface area contributed by atoms with E-state index in [2.05, 4.69) is 15.6 Å². The Morgan fingerprint density at radius 2 is 2.00 bits per heavy atom. The molecule has 11 nitrogen and oxygen atoms in total. The molecule has 0 bridgehead atoms. The number of carbonyl (C=O) groups excluding carboxylic acids is 2. The highest BCUT2D eigenvalue weighted by atomic mass is 16.5. The zero-order valence-corrected chi connectivity index (χ0v) is 15.6. The molecule has 0 aliphatic rings. The zero-order chi connectivity index (χ0) is 21.1. The average Bonchev–Trinajstić information content (AvgIpc) is 2.64. The number of hydrogen-bond acceptors (Lipinski definition) is 6. The normalized spacial score (nSPS) is 11.2. The standard InChI is InChI=1S/C17H26N6O5/c1-28-10-4-5-11(15(26)21-8-6-14(24)25)13(9-10)23-16(27)12(18)3-2-7-22-17(19)20/h4-5,9,12H,2-3,6-8,18H2,1H3,(H,21,26)(H,23,27)(H,24,25)(H4,19,20,22)/t12-/m0/s1. The van der Waals surface area contributed by atoms with E-state index in [1.165, 1.54) is 19.2 Å². The molecule has 154 valence electrons. The SMILES string of the molecule is COc1ccc(C(=O)NCCC(=O)O)c(NC(=O)[C@@H](N)CCCN=C(N)N)c1. The number of ether oxygens (including phenoxy) is 1. The number of amides is 2. The van der Waals surface area contributed by atoms with E-state index in [-0.39, 0.29) is 30.2 Å². The van der Waals surface area contributed by atoms with Gasteiger partial charge in [-0.2, -0.15) is 0 Å². The Hall–Kier alpha value is -3.34. The van der Waals surface area contributed by atoms with Crippen LogP contribution in [0, 0.1) is 0 Å². The van der Waals surface area contributed by atoms with Gasteiger partial charge in [0.1, 0.15) is 5.75 Å². The second kappa shape index (κ2) is 11.4. The van der Waals surface area contributed by atoms with Crippen LogP contribution in [0.2, 0.25) is 0 Å². The van der Waals surface area contributed by atoms with Gasteiger partial charge in [0.05, 0.1) is 30.8 Å². The van der Waals surface area contributed by atoms with Gasteiger partial charge < -0.3 is 37.7 Å². The molecule has 0 saturated heterocycles. The lowest BCUT2D eigenvalue weighted by molar-refractivity contribution is -0.136. The monoisotopic (exact) mass is 394 g/mol. The second-order valence-electron chi connectivity index (χ2n) is 5.86. The quantitative estimate of drug-likeness (QED) is 0.160. The van der Waals surface area contributed by atoms with Crippen LogP contribution in [0.4, 0.5) is 5.69 Å². The number of anilines is 1. The van der Waals surface area contributed by atoms with Crippen molar-refractivity contribution in [2.75, 3.05) is 25.5 Å². The molecule has 28 heavy (non-hydrogen) atoms. The lowest BCUT2D eigenvalue weighted by Gasteiger charge is -2.15. The van der Waals surface area contributed by atoms with Gasteiger partial charge in [0.15, 0.2) is 5.96 Å². The summed E-state index contributed by atoms with van der Waals surface area (Å²) >= 11 is 0. The van der Waals surface area contributed by atoms with E-state index in [1.807, 2.05) is 0 Å². The molecule has 0 aliphatic heterocycles. The minimum Gasteiger partial charge on any atom is -0.497 e. The first kappa shape index (κ1) is 22.7. The molecule has 1 aromatic carbocycles. The Bertz CT molecular complexity index is 733. The van der Waals surface area contributed by atoms with Crippen LogP contribution in [0.15, 0.2) is 23.2 Å². The number of aliphatic carboxylic acids is 1. The van der Waals surface area contributed by atoms with Gasteiger partial charge in [0.2, 0.25) is 5.91 Å². The fourth-order valence-electron chi connectivity index (χ4n) is 2.21. The van der Waals surface area contributed by atoms with Gasteiger partial charge in [-0.05, 0) is 25.0 Å². The van der Waals surface area contributed by atoms with Gasteiger partial charge in [-0.1, -0.05) is 0 Å². The summed E-state index contributed by atoms with van der Waals surface area (Å²) in [7, 11) is 1.45. The van der Waals surface area contributed by atoms with Crippen molar-refractivity contribution in [1.82, 2.24) is 5.32 Å². The summed E-state index contributed by atoms with van der Waals surface area (Å²) in [6.45, 7) is 0.303. The van der Waals surface area contributed by atoms with Crippen molar-refractivity contribution in [3.8, 4) is 5.75 Å². The van der Waals surface area contributed by atoms with Crippen LogP contribution in [-0.4, -0.2) is 55.1 Å². The summed E-state index contributed by atoms with van der Waals surface area (Å²) < 4.78 is 5.12. The molecule has 0 heterocycles. The van der Waals surface area contributed by atoms with Gasteiger partial charge in [-0.25, -0.2) is 0 Å². The first-order valence-corrected chi connectivity index (χ1v) is 8.54. The highest BCUT2D eigenvalue weighted by molar-refractivity contribution is 6.05. The van der Waals surface area contributed by atoms with E-state index < -0.39 is 23.8 Å². The number of benzene rings is 1. The molecule has 0 spiro atoms. The molecule has 0 unspecified atom stereocenters. The molecule has 9 N–H and O–H groups in total. The number of hydrogen-bond donors (Lipinski definition) is 6. The number of carboxylic acids is 1. The Labute approximate surface area is 162 Å². The first-order chi connectivity index (χ1) is 13.2. The van der Waals surface area contributed by atoms with Crippen molar-refractivity contribution in [1.29, 1.82) is 0 Å². The Morgan fingerprint density at radius 3 is 2.61 bits per heavy atom. The smallest absolute Gasteiger partial charge is 0.305 e. The van der Waals surface area contributed by atoms with E-state index in [1.54, 1.807) is 6.07 Å². The summed E-state index contributed by atoms with van der Waals surface area (Å²) in [5.74, 6) is -1.65. The van der Waals surface area contributed by atoms with E-state index in [0.29, 0.717) is 25.1 Å². The predicted octanol–water partition coefficient (Wildman–Crippen LogP) is -0.781. The Kier molecular flexibility index (Phi) is 9.23. The van der Waals surface area contributed by atoms with E-state index in [0.717, 1.165) is 0 Å². The Morgan fingerprint density at radius 1 is 1.29 bits per heavy atom. The van der Waals surface area contributed by atoms with Crippen LogP contribution in [0.1, 0.15) is 29.6 Å². The summed E-state index contributed by atoms with van der Waals surface area (Å²) in [4.78, 5) is 39.0. The number of nitrogens with zero attached hydrogens (tertiary/aromatic N) is 1. The van der Waals surface area contributed by atoms with Crippen LogP contribution in [0.3, 0.4) is 0 Å². The van der Waals surface area contributed by atoms with Crippen molar-refractivity contribution >= 4 is 29.4 Å². The predicted molar refractivity (Wildman–Crippen MR) is 104 cm³/mol. The van der Waals surface area contributed by atoms with Crippen molar-refractivity contribution in [3.05, 3.63) is 23.8 Å². The number of carboxylic acid groups (broad SMARTS) is 1. The van der Waals surface area contributed by atoms with Crippen molar-refractivity contribution < 1.29 is 24.2 Å². The molecule has 0 radical (unpaired) electrons. The van der Waals surface area contributed by atoms with E-state index >= 15 is 0 Å². The van der Waals surface area contributed by atoms with Crippen LogP contribution in [0.25, 0.3) is 0 Å². The number of carbonyl (C=O) groups is 3. The number of methoxy groups -OCH3 is 1. The summed E-state index contributed by atoms with van der Waals surface area (Å²) in [5, 5.41) is 13.7. The molecule has 0 saturated carbocycles. The maximum Gasteiger partial charge on any atom is 0.305 e. The molecule has 11 heteroatoms. The van der Waals surface area contributed by atoms with Gasteiger partial charge in [-0.15, -0.1) is 0 Å². The number of guanidine groups is 1. The van der Waals surface area contributed by atoms with Gasteiger partial charge in [0, 0.05) is 19.2 Å². The highest BCUT2D eigenvalue weighted by Gasteiger charge is 2.18. The minimum atomic E-state index is -1.03. The van der Waals surface area contributed by atoms with Crippen LogP contribution < -0.4 is 32.6 Å². The topological polar surface area (TPSA) is 195 Å². The van der Waals surface area contributed by atoms with E-state index in [4.69, 9.17) is 27.0 Å². The summed E-state index contributed by atoms with van der Waals surface area (Å²) in [6.07, 6.45) is 0.629. The molecule has 0 fully saturated rings. The molecule has 1 atom stereocenters. The largest absolute Gasteiger partial charge is 0.497 e. The molecule has 0 aliphatic carbocycles. The third kappa shape index (κ3) is 7.91. The maximum atomic E-state index is 12.3. The van der Waals surface area contributed by atoms with Crippen LogP contribution in [-0.2, 0) is 9.59 Å². The molecule has 0 aromatic heterocycles. The second-order valence-corrected chi connectivity index (χ2v) is 5.86. The average molecular weight is 394 g/mol. The van der Waals surface area contributed by atoms with E-state index in [9.17, 15) is 14.4 Å². The number of rotatable bonds is 11. The molecule has 2 amide bonds.